The summed E-state index contributed by atoms with van der Waals surface area (Å²) in [5, 5.41) is 27.3. The van der Waals surface area contributed by atoms with Crippen LogP contribution in [0.3, 0.4) is 0 Å². The summed E-state index contributed by atoms with van der Waals surface area (Å²) in [7, 11) is 0. The third kappa shape index (κ3) is 3.73. The monoisotopic (exact) mass is 445 g/mol. The summed E-state index contributed by atoms with van der Waals surface area (Å²) in [6.45, 7) is 0.694. The maximum atomic E-state index is 13.1. The van der Waals surface area contributed by atoms with Crippen molar-refractivity contribution in [3.63, 3.8) is 0 Å². The van der Waals surface area contributed by atoms with Gasteiger partial charge in [0.05, 0.1) is 23.5 Å². The summed E-state index contributed by atoms with van der Waals surface area (Å²) in [4.78, 5) is 15.2. The summed E-state index contributed by atoms with van der Waals surface area (Å²) in [5.41, 5.74) is -2.66. The van der Waals surface area contributed by atoms with Crippen LogP contribution in [-0.4, -0.2) is 26.0 Å². The highest BCUT2D eigenvalue weighted by Gasteiger charge is 2.51. The lowest BCUT2D eigenvalue weighted by Crippen LogP contribution is -2.39. The topological polar surface area (TPSA) is 107 Å². The molecular weight excluding hydrogens is 423 g/mol. The van der Waals surface area contributed by atoms with Crippen molar-refractivity contribution >= 4 is 22.4 Å². The second-order valence-electron chi connectivity index (χ2n) is 8.22. The highest BCUT2D eigenvalue weighted by atomic mass is 19.4. The molecule has 1 saturated carbocycles. The van der Waals surface area contributed by atoms with E-state index in [-0.39, 0.29) is 28.9 Å². The van der Waals surface area contributed by atoms with Crippen molar-refractivity contribution < 1.29 is 18.3 Å². The number of aromatic amines is 1. The Labute approximate surface area is 181 Å². The third-order valence-corrected chi connectivity index (χ3v) is 6.10. The fourth-order valence-corrected chi connectivity index (χ4v) is 4.17. The SMILES string of the molecule is CC(O)(c1ccc(Nc2nn([C@H]3CCCCC3C#N)c3cc[nH]c(=O)c23)cc1)C(F)(F)F. The summed E-state index contributed by atoms with van der Waals surface area (Å²) in [6, 6.07) is 9.01. The van der Waals surface area contributed by atoms with Gasteiger partial charge in [0.1, 0.15) is 5.39 Å². The number of H-pyrrole nitrogens is 1. The minimum atomic E-state index is -4.82. The third-order valence-electron chi connectivity index (χ3n) is 6.10. The minimum Gasteiger partial charge on any atom is -0.376 e. The second kappa shape index (κ2) is 7.98. The van der Waals surface area contributed by atoms with E-state index in [0.29, 0.717) is 23.5 Å². The van der Waals surface area contributed by atoms with E-state index in [9.17, 15) is 28.3 Å². The lowest BCUT2D eigenvalue weighted by molar-refractivity contribution is -0.258. The van der Waals surface area contributed by atoms with E-state index < -0.39 is 11.8 Å². The zero-order valence-electron chi connectivity index (χ0n) is 17.3. The first-order valence-electron chi connectivity index (χ1n) is 10.3. The Bertz CT molecular complexity index is 1220. The molecule has 3 aromatic rings. The Hall–Kier alpha value is -3.32. The van der Waals surface area contributed by atoms with Gasteiger partial charge in [-0.3, -0.25) is 9.48 Å². The molecule has 0 amide bonds. The molecule has 1 aromatic carbocycles. The van der Waals surface area contributed by atoms with Crippen LogP contribution in [0, 0.1) is 17.2 Å². The van der Waals surface area contributed by atoms with Crippen molar-refractivity contribution in [1.29, 1.82) is 5.26 Å². The van der Waals surface area contributed by atoms with Gasteiger partial charge in [-0.15, -0.1) is 0 Å². The molecule has 32 heavy (non-hydrogen) atoms. The number of nitrogens with one attached hydrogen (secondary N) is 2. The molecule has 2 aromatic heterocycles. The number of aromatic nitrogens is 3. The number of hydrogen-bond donors (Lipinski definition) is 3. The molecule has 2 unspecified atom stereocenters. The van der Waals surface area contributed by atoms with E-state index in [1.807, 2.05) is 0 Å². The number of anilines is 2. The summed E-state index contributed by atoms with van der Waals surface area (Å²) in [5.74, 6) is 0.0299. The van der Waals surface area contributed by atoms with E-state index >= 15 is 0 Å². The molecule has 2 heterocycles. The van der Waals surface area contributed by atoms with Gasteiger partial charge < -0.3 is 15.4 Å². The molecule has 168 valence electrons. The van der Waals surface area contributed by atoms with Crippen molar-refractivity contribution in [2.75, 3.05) is 5.32 Å². The van der Waals surface area contributed by atoms with Gasteiger partial charge in [-0.2, -0.15) is 23.5 Å². The molecule has 1 aliphatic rings. The van der Waals surface area contributed by atoms with Gasteiger partial charge in [0.2, 0.25) is 0 Å². The smallest absolute Gasteiger partial charge is 0.376 e. The number of hydrogen-bond acceptors (Lipinski definition) is 5. The van der Waals surface area contributed by atoms with Crippen molar-refractivity contribution in [2.24, 2.45) is 5.92 Å². The van der Waals surface area contributed by atoms with E-state index in [2.05, 4.69) is 21.5 Å². The first kappa shape index (κ1) is 21.9. The standard InChI is InChI=1S/C22H22F3N5O2/c1-21(32,22(23,24)25)14-6-8-15(9-7-14)28-19-18-17(10-11-27-20(18)31)30(29-19)16-5-3-2-4-13(16)12-26/h6-11,13,16,32H,2-5H2,1H3,(H,27,31)(H,28,29)/t13?,16-,21?/m0/s1. The number of nitriles is 1. The maximum Gasteiger partial charge on any atom is 0.421 e. The molecule has 0 bridgehead atoms. The van der Waals surface area contributed by atoms with Crippen LogP contribution in [0.25, 0.3) is 10.9 Å². The molecule has 1 fully saturated rings. The van der Waals surface area contributed by atoms with E-state index in [0.717, 1.165) is 25.7 Å². The first-order valence-corrected chi connectivity index (χ1v) is 10.3. The van der Waals surface area contributed by atoms with Gasteiger partial charge in [0.15, 0.2) is 11.4 Å². The molecular formula is C22H22F3N5O2. The minimum absolute atomic E-state index is 0.169. The second-order valence-corrected chi connectivity index (χ2v) is 8.22. The van der Waals surface area contributed by atoms with E-state index in [1.54, 1.807) is 10.7 Å². The van der Waals surface area contributed by atoms with Gasteiger partial charge >= 0.3 is 6.18 Å². The Balaban J connectivity index is 1.71. The number of aliphatic hydroxyl groups is 1. The zero-order chi connectivity index (χ0) is 23.1. The molecule has 0 spiro atoms. The fourth-order valence-electron chi connectivity index (χ4n) is 4.17. The molecule has 0 saturated heterocycles. The lowest BCUT2D eigenvalue weighted by Gasteiger charge is -2.27. The van der Waals surface area contributed by atoms with E-state index in [4.69, 9.17) is 0 Å². The van der Waals surface area contributed by atoms with Crippen LogP contribution in [0.2, 0.25) is 0 Å². The molecule has 0 aliphatic heterocycles. The number of fused-ring (bicyclic) bond motifs is 1. The Kier molecular flexibility index (Phi) is 5.46. The van der Waals surface area contributed by atoms with Gasteiger partial charge in [-0.1, -0.05) is 25.0 Å². The average molecular weight is 445 g/mol. The number of alkyl halides is 3. The summed E-state index contributed by atoms with van der Waals surface area (Å²) >= 11 is 0. The zero-order valence-corrected chi connectivity index (χ0v) is 17.3. The van der Waals surface area contributed by atoms with Crippen LogP contribution in [0.1, 0.15) is 44.2 Å². The van der Waals surface area contributed by atoms with Crippen LogP contribution < -0.4 is 10.9 Å². The van der Waals surface area contributed by atoms with Crippen molar-refractivity contribution in [1.82, 2.24) is 14.8 Å². The van der Waals surface area contributed by atoms with Crippen molar-refractivity contribution in [3.8, 4) is 6.07 Å². The predicted molar refractivity (Wildman–Crippen MR) is 112 cm³/mol. The highest BCUT2D eigenvalue weighted by Crippen LogP contribution is 2.39. The van der Waals surface area contributed by atoms with E-state index in [1.165, 1.54) is 30.5 Å². The van der Waals surface area contributed by atoms with Gasteiger partial charge in [0, 0.05) is 11.9 Å². The lowest BCUT2D eigenvalue weighted by atomic mass is 9.85. The van der Waals surface area contributed by atoms with Crippen LogP contribution in [-0.2, 0) is 5.60 Å². The molecule has 3 N–H and O–H groups in total. The normalized spacial score (nSPS) is 21.1. The first-order chi connectivity index (χ1) is 15.1. The maximum absolute atomic E-state index is 13.1. The molecule has 7 nitrogen and oxygen atoms in total. The van der Waals surface area contributed by atoms with Crippen LogP contribution in [0.5, 0.6) is 0 Å². The molecule has 0 radical (unpaired) electrons. The Morgan fingerprint density at radius 3 is 2.56 bits per heavy atom. The van der Waals surface area contributed by atoms with Gasteiger partial charge in [0.25, 0.3) is 5.56 Å². The van der Waals surface area contributed by atoms with Crippen LogP contribution >= 0.6 is 0 Å². The summed E-state index contributed by atoms with van der Waals surface area (Å²) < 4.78 is 41.0. The number of pyridine rings is 1. The van der Waals surface area contributed by atoms with Crippen LogP contribution in [0.15, 0.2) is 41.3 Å². The van der Waals surface area contributed by atoms with Gasteiger partial charge in [-0.05, 0) is 43.5 Å². The number of rotatable bonds is 4. The number of benzene rings is 1. The quantitative estimate of drug-likeness (QED) is 0.549. The fraction of sp³-hybridized carbons (Fsp3) is 0.409. The van der Waals surface area contributed by atoms with Crippen molar-refractivity contribution in [3.05, 3.63) is 52.4 Å². The Morgan fingerprint density at radius 2 is 1.91 bits per heavy atom. The Morgan fingerprint density at radius 1 is 1.22 bits per heavy atom. The summed E-state index contributed by atoms with van der Waals surface area (Å²) in [6.07, 6.45) is 0.147. The predicted octanol–water partition coefficient (Wildman–Crippen LogP) is 4.49. The number of halogens is 3. The molecule has 4 rings (SSSR count). The van der Waals surface area contributed by atoms with Gasteiger partial charge in [-0.25, -0.2) is 0 Å². The largest absolute Gasteiger partial charge is 0.421 e. The van der Waals surface area contributed by atoms with Crippen molar-refractivity contribution in [2.45, 2.75) is 50.4 Å². The molecule has 1 aliphatic carbocycles. The number of nitrogens with zero attached hydrogens (tertiary/aromatic N) is 3. The molecule has 3 atom stereocenters. The molecule has 10 heteroatoms. The highest BCUT2D eigenvalue weighted by molar-refractivity contribution is 5.91. The average Bonchev–Trinajstić information content (AvgIpc) is 3.12. The van der Waals surface area contributed by atoms with Crippen LogP contribution in [0.4, 0.5) is 24.7 Å².